The van der Waals surface area contributed by atoms with Crippen LogP contribution in [0.3, 0.4) is 0 Å². The molecule has 5 heteroatoms. The molecular weight excluding hydrogens is 286 g/mol. The van der Waals surface area contributed by atoms with E-state index >= 15 is 0 Å². The largest absolute Gasteiger partial charge is 0.361 e. The predicted octanol–water partition coefficient (Wildman–Crippen LogP) is 3.15. The number of rotatable bonds is 2. The molecule has 0 spiro atoms. The van der Waals surface area contributed by atoms with Crippen molar-refractivity contribution in [2.45, 2.75) is 19.8 Å². The van der Waals surface area contributed by atoms with E-state index in [1.165, 1.54) is 0 Å². The van der Waals surface area contributed by atoms with Gasteiger partial charge in [0.15, 0.2) is 0 Å². The second-order valence-corrected chi connectivity index (χ2v) is 5.42. The first-order valence-electron chi connectivity index (χ1n) is 7.22. The number of dihydropyridines is 1. The third-order valence-electron chi connectivity index (χ3n) is 4.01. The lowest BCUT2D eigenvalue weighted by Gasteiger charge is -2.26. The molecule has 23 heavy (non-hydrogen) atoms. The third-order valence-corrected chi connectivity index (χ3v) is 4.01. The number of imidazole rings is 1. The second kappa shape index (κ2) is 5.82. The fraction of sp³-hybridized carbons (Fsp3) is 0.167. The van der Waals surface area contributed by atoms with Gasteiger partial charge >= 0.3 is 0 Å². The molecule has 0 aliphatic carbocycles. The van der Waals surface area contributed by atoms with Crippen LogP contribution in [0.15, 0.2) is 65.5 Å². The van der Waals surface area contributed by atoms with Crippen molar-refractivity contribution in [2.75, 3.05) is 0 Å². The average Bonchev–Trinajstić information content (AvgIpc) is 3.09. The van der Waals surface area contributed by atoms with Crippen LogP contribution in [0.1, 0.15) is 25.3 Å². The van der Waals surface area contributed by atoms with Crippen molar-refractivity contribution in [1.29, 1.82) is 10.5 Å². The van der Waals surface area contributed by atoms with Crippen molar-refractivity contribution in [2.24, 2.45) is 0 Å². The minimum Gasteiger partial charge on any atom is -0.361 e. The molecule has 0 saturated heterocycles. The Morgan fingerprint density at radius 2 is 1.83 bits per heavy atom. The molecular formula is C18H15N5. The molecule has 1 aliphatic heterocycles. The lowest BCUT2D eigenvalue weighted by molar-refractivity contribution is 0.813. The summed E-state index contributed by atoms with van der Waals surface area (Å²) in [6, 6.07) is 12.4. The average molecular weight is 301 g/mol. The second-order valence-electron chi connectivity index (χ2n) is 5.42. The summed E-state index contributed by atoms with van der Waals surface area (Å²) in [5.74, 6) is -0.338. The Hall–Kier alpha value is -3.31. The molecule has 0 fully saturated rings. The van der Waals surface area contributed by atoms with Crippen LogP contribution < -0.4 is 5.32 Å². The zero-order valence-corrected chi connectivity index (χ0v) is 12.9. The summed E-state index contributed by atoms with van der Waals surface area (Å²) >= 11 is 0. The first kappa shape index (κ1) is 14.6. The molecule has 0 saturated carbocycles. The summed E-state index contributed by atoms with van der Waals surface area (Å²) in [4.78, 5) is 4.06. The van der Waals surface area contributed by atoms with Crippen molar-refractivity contribution in [3.63, 3.8) is 0 Å². The van der Waals surface area contributed by atoms with Gasteiger partial charge in [-0.15, -0.1) is 0 Å². The molecule has 0 bridgehead atoms. The maximum Gasteiger partial charge on any atom is 0.0991 e. The zero-order chi connectivity index (χ0) is 16.4. The summed E-state index contributed by atoms with van der Waals surface area (Å²) < 4.78 is 1.90. The van der Waals surface area contributed by atoms with Gasteiger partial charge in [-0.2, -0.15) is 10.5 Å². The summed E-state index contributed by atoms with van der Waals surface area (Å²) in [5, 5.41) is 22.2. The Balaban J connectivity index is 2.15. The molecule has 2 aromatic rings. The highest BCUT2D eigenvalue weighted by molar-refractivity contribution is 5.56. The van der Waals surface area contributed by atoms with Crippen molar-refractivity contribution >= 4 is 0 Å². The molecule has 3 rings (SSSR count). The quantitative estimate of drug-likeness (QED) is 0.924. The summed E-state index contributed by atoms with van der Waals surface area (Å²) in [7, 11) is 0. The minimum atomic E-state index is -0.338. The van der Waals surface area contributed by atoms with E-state index in [-0.39, 0.29) is 5.92 Å². The molecule has 0 radical (unpaired) electrons. The Morgan fingerprint density at radius 1 is 1.13 bits per heavy atom. The molecule has 1 aromatic heterocycles. The van der Waals surface area contributed by atoms with Gasteiger partial charge in [0.2, 0.25) is 0 Å². The summed E-state index contributed by atoms with van der Waals surface area (Å²) in [6.07, 6.45) is 5.30. The van der Waals surface area contributed by atoms with Gasteiger partial charge in [0.25, 0.3) is 0 Å². The number of allylic oxidation sites excluding steroid dienone is 4. The van der Waals surface area contributed by atoms with Gasteiger partial charge in [-0.1, -0.05) is 12.1 Å². The predicted molar refractivity (Wildman–Crippen MR) is 86.1 cm³/mol. The van der Waals surface area contributed by atoms with E-state index in [2.05, 4.69) is 22.4 Å². The van der Waals surface area contributed by atoms with Crippen molar-refractivity contribution < 1.29 is 0 Å². The van der Waals surface area contributed by atoms with E-state index in [1.54, 1.807) is 12.5 Å². The van der Waals surface area contributed by atoms with Gasteiger partial charge in [-0.25, -0.2) is 4.98 Å². The highest BCUT2D eigenvalue weighted by Crippen LogP contribution is 2.37. The monoisotopic (exact) mass is 301 g/mol. The molecule has 0 atom stereocenters. The van der Waals surface area contributed by atoms with Gasteiger partial charge in [0, 0.05) is 29.5 Å². The lowest BCUT2D eigenvalue weighted by atomic mass is 9.81. The Kier molecular flexibility index (Phi) is 3.70. The van der Waals surface area contributed by atoms with E-state index < -0.39 is 0 Å². The van der Waals surface area contributed by atoms with E-state index in [9.17, 15) is 10.5 Å². The molecule has 0 unspecified atom stereocenters. The molecule has 5 nitrogen and oxygen atoms in total. The molecule has 2 heterocycles. The fourth-order valence-electron chi connectivity index (χ4n) is 2.90. The van der Waals surface area contributed by atoms with Crippen LogP contribution in [0.4, 0.5) is 0 Å². The standard InChI is InChI=1S/C18H15N5/c1-12-16(9-19)18(17(10-20)13(2)22-12)14-4-3-5-15(8-14)23-7-6-21-11-23/h3-8,11,18,22H,1-2H3. The zero-order valence-electron chi connectivity index (χ0n) is 12.9. The van der Waals surface area contributed by atoms with Crippen LogP contribution >= 0.6 is 0 Å². The Labute approximate surface area is 134 Å². The first-order chi connectivity index (χ1) is 11.2. The number of benzene rings is 1. The van der Waals surface area contributed by atoms with Crippen LogP contribution in [0, 0.1) is 22.7 Å². The first-order valence-corrected chi connectivity index (χ1v) is 7.22. The van der Waals surface area contributed by atoms with Crippen molar-refractivity contribution in [1.82, 2.24) is 14.9 Å². The number of aromatic nitrogens is 2. The maximum atomic E-state index is 9.55. The molecule has 1 aliphatic rings. The summed E-state index contributed by atoms with van der Waals surface area (Å²) in [6.45, 7) is 3.73. The van der Waals surface area contributed by atoms with Gasteiger partial charge in [0.05, 0.1) is 35.5 Å². The van der Waals surface area contributed by atoms with Crippen LogP contribution in [0.25, 0.3) is 5.69 Å². The number of nitrogens with one attached hydrogen (secondary N) is 1. The van der Waals surface area contributed by atoms with Gasteiger partial charge in [0.1, 0.15) is 0 Å². The molecule has 112 valence electrons. The number of nitrogens with zero attached hydrogens (tertiary/aromatic N) is 4. The molecule has 1 N–H and O–H groups in total. The van der Waals surface area contributed by atoms with Crippen LogP contribution in [-0.2, 0) is 0 Å². The molecule has 0 amide bonds. The topological polar surface area (TPSA) is 77.4 Å². The summed E-state index contributed by atoms with van der Waals surface area (Å²) in [5.41, 5.74) is 4.61. The lowest BCUT2D eigenvalue weighted by Crippen LogP contribution is -2.23. The number of nitriles is 2. The Morgan fingerprint density at radius 3 is 2.39 bits per heavy atom. The maximum absolute atomic E-state index is 9.55. The normalized spacial score (nSPS) is 15.1. The van der Waals surface area contributed by atoms with E-state index in [0.717, 1.165) is 22.6 Å². The number of hydrogen-bond acceptors (Lipinski definition) is 4. The van der Waals surface area contributed by atoms with Gasteiger partial charge < -0.3 is 9.88 Å². The van der Waals surface area contributed by atoms with Crippen LogP contribution in [0.2, 0.25) is 0 Å². The highest BCUT2D eigenvalue weighted by Gasteiger charge is 2.29. The SMILES string of the molecule is CC1=C(C#N)C(c2cccc(-n3ccnc3)c2)C(C#N)=C(C)N1. The van der Waals surface area contributed by atoms with E-state index in [0.29, 0.717) is 11.1 Å². The van der Waals surface area contributed by atoms with Crippen LogP contribution in [-0.4, -0.2) is 9.55 Å². The highest BCUT2D eigenvalue weighted by atomic mass is 15.0. The third kappa shape index (κ3) is 2.49. The number of hydrogen-bond donors (Lipinski definition) is 1. The van der Waals surface area contributed by atoms with Gasteiger partial charge in [-0.3, -0.25) is 0 Å². The van der Waals surface area contributed by atoms with Crippen molar-refractivity contribution in [3.8, 4) is 17.8 Å². The van der Waals surface area contributed by atoms with Crippen molar-refractivity contribution in [3.05, 3.63) is 71.1 Å². The van der Waals surface area contributed by atoms with Crippen LogP contribution in [0.5, 0.6) is 0 Å². The molecule has 1 aromatic carbocycles. The van der Waals surface area contributed by atoms with E-state index in [4.69, 9.17) is 0 Å². The Bertz CT molecular complexity index is 852. The van der Waals surface area contributed by atoms with E-state index in [1.807, 2.05) is 48.9 Å². The fourth-order valence-corrected chi connectivity index (χ4v) is 2.90. The minimum absolute atomic E-state index is 0.338. The van der Waals surface area contributed by atoms with Gasteiger partial charge in [-0.05, 0) is 31.5 Å². The smallest absolute Gasteiger partial charge is 0.0991 e.